The van der Waals surface area contributed by atoms with Crippen LogP contribution in [0.2, 0.25) is 10.0 Å². The lowest BCUT2D eigenvalue weighted by Crippen LogP contribution is -2.26. The Bertz CT molecular complexity index is 968. The molecule has 0 heterocycles. The SMILES string of the molecule is C[C@H](NC(=O)c1ccc(Cl)cc1)c1ccc(OC(=O)c2ccc(Cl)cc2)cc1. The highest BCUT2D eigenvalue weighted by Crippen LogP contribution is 2.20. The molecule has 0 aliphatic rings. The molecule has 0 saturated heterocycles. The van der Waals surface area contributed by atoms with Crippen molar-refractivity contribution in [2.24, 2.45) is 0 Å². The molecule has 3 aromatic rings. The maximum atomic E-state index is 12.3. The average Bonchev–Trinajstić information content (AvgIpc) is 2.69. The minimum Gasteiger partial charge on any atom is -0.423 e. The first-order valence-corrected chi connectivity index (χ1v) is 9.32. The Morgan fingerprint density at radius 2 is 1.29 bits per heavy atom. The molecule has 3 rings (SSSR count). The third-order valence-corrected chi connectivity index (χ3v) is 4.63. The van der Waals surface area contributed by atoms with Crippen LogP contribution in [0.1, 0.15) is 39.2 Å². The molecule has 1 amide bonds. The van der Waals surface area contributed by atoms with Gasteiger partial charge in [0.25, 0.3) is 5.91 Å². The van der Waals surface area contributed by atoms with Crippen LogP contribution in [0.25, 0.3) is 0 Å². The lowest BCUT2D eigenvalue weighted by molar-refractivity contribution is 0.0734. The number of hydrogen-bond donors (Lipinski definition) is 1. The molecule has 0 aromatic heterocycles. The Balaban J connectivity index is 1.61. The molecule has 0 spiro atoms. The molecule has 6 heteroatoms. The number of carbonyl (C=O) groups excluding carboxylic acids is 2. The normalized spacial score (nSPS) is 11.5. The Morgan fingerprint density at radius 1 is 0.786 bits per heavy atom. The van der Waals surface area contributed by atoms with Gasteiger partial charge in [-0.2, -0.15) is 0 Å². The van der Waals surface area contributed by atoms with Gasteiger partial charge in [0.1, 0.15) is 5.75 Å². The van der Waals surface area contributed by atoms with E-state index in [0.717, 1.165) is 5.56 Å². The van der Waals surface area contributed by atoms with Crippen molar-refractivity contribution in [3.8, 4) is 5.75 Å². The fraction of sp³-hybridized carbons (Fsp3) is 0.0909. The van der Waals surface area contributed by atoms with Crippen LogP contribution in [0, 0.1) is 0 Å². The fourth-order valence-electron chi connectivity index (χ4n) is 2.54. The molecular formula is C22H17Cl2NO3. The van der Waals surface area contributed by atoms with E-state index in [1.165, 1.54) is 0 Å². The number of nitrogens with one attached hydrogen (secondary N) is 1. The van der Waals surface area contributed by atoms with Crippen molar-refractivity contribution < 1.29 is 14.3 Å². The third-order valence-electron chi connectivity index (χ3n) is 4.12. The Hall–Kier alpha value is -2.82. The van der Waals surface area contributed by atoms with E-state index >= 15 is 0 Å². The van der Waals surface area contributed by atoms with Gasteiger partial charge < -0.3 is 10.1 Å². The summed E-state index contributed by atoms with van der Waals surface area (Å²) in [5.74, 6) is -0.240. The molecule has 1 atom stereocenters. The number of amides is 1. The number of esters is 1. The molecule has 28 heavy (non-hydrogen) atoms. The Labute approximate surface area is 173 Å². The zero-order valence-corrected chi connectivity index (χ0v) is 16.5. The van der Waals surface area contributed by atoms with Gasteiger partial charge in [-0.1, -0.05) is 35.3 Å². The highest BCUT2D eigenvalue weighted by Gasteiger charge is 2.13. The third kappa shape index (κ3) is 5.12. The molecule has 1 N–H and O–H groups in total. The smallest absolute Gasteiger partial charge is 0.343 e. The molecule has 0 bridgehead atoms. The van der Waals surface area contributed by atoms with Gasteiger partial charge in [-0.05, 0) is 73.2 Å². The number of carbonyl (C=O) groups is 2. The second kappa shape index (κ2) is 8.91. The lowest BCUT2D eigenvalue weighted by atomic mass is 10.1. The number of hydrogen-bond acceptors (Lipinski definition) is 3. The second-order valence-electron chi connectivity index (χ2n) is 6.17. The number of halogens is 2. The molecule has 4 nitrogen and oxygen atoms in total. The van der Waals surface area contributed by atoms with Crippen molar-refractivity contribution in [1.82, 2.24) is 5.32 Å². The van der Waals surface area contributed by atoms with Crippen molar-refractivity contribution in [2.75, 3.05) is 0 Å². The van der Waals surface area contributed by atoms with Gasteiger partial charge in [-0.25, -0.2) is 4.79 Å². The molecule has 142 valence electrons. The molecule has 0 aliphatic heterocycles. The summed E-state index contributed by atoms with van der Waals surface area (Å²) in [6, 6.07) is 19.9. The maximum Gasteiger partial charge on any atom is 0.343 e. The summed E-state index contributed by atoms with van der Waals surface area (Å²) < 4.78 is 5.35. The zero-order valence-electron chi connectivity index (χ0n) is 15.0. The van der Waals surface area contributed by atoms with Crippen molar-refractivity contribution in [1.29, 1.82) is 0 Å². The van der Waals surface area contributed by atoms with E-state index in [4.69, 9.17) is 27.9 Å². The van der Waals surface area contributed by atoms with E-state index < -0.39 is 5.97 Å². The van der Waals surface area contributed by atoms with Gasteiger partial charge in [0.05, 0.1) is 11.6 Å². The van der Waals surface area contributed by atoms with Crippen LogP contribution in [0.5, 0.6) is 5.75 Å². The van der Waals surface area contributed by atoms with Crippen molar-refractivity contribution >= 4 is 35.1 Å². The van der Waals surface area contributed by atoms with E-state index in [1.807, 2.05) is 6.92 Å². The monoisotopic (exact) mass is 413 g/mol. The quantitative estimate of drug-likeness (QED) is 0.430. The molecule has 0 aliphatic carbocycles. The summed E-state index contributed by atoms with van der Waals surface area (Å²) in [5, 5.41) is 4.05. The van der Waals surface area contributed by atoms with Crippen LogP contribution < -0.4 is 10.1 Å². The summed E-state index contributed by atoms with van der Waals surface area (Å²) in [6.07, 6.45) is 0. The number of benzene rings is 3. The predicted octanol–water partition coefficient (Wildman–Crippen LogP) is 5.70. The van der Waals surface area contributed by atoms with Gasteiger partial charge in [0.2, 0.25) is 0 Å². The average molecular weight is 414 g/mol. The van der Waals surface area contributed by atoms with Gasteiger partial charge in [-0.3, -0.25) is 4.79 Å². The summed E-state index contributed by atoms with van der Waals surface area (Å²) in [5.41, 5.74) is 1.83. The summed E-state index contributed by atoms with van der Waals surface area (Å²) >= 11 is 11.7. The predicted molar refractivity (Wildman–Crippen MR) is 110 cm³/mol. The second-order valence-corrected chi connectivity index (χ2v) is 7.04. The highest BCUT2D eigenvalue weighted by molar-refractivity contribution is 6.31. The summed E-state index contributed by atoms with van der Waals surface area (Å²) in [7, 11) is 0. The van der Waals surface area contributed by atoms with Crippen molar-refractivity contribution in [3.63, 3.8) is 0 Å². The van der Waals surface area contributed by atoms with Gasteiger partial charge in [-0.15, -0.1) is 0 Å². The highest BCUT2D eigenvalue weighted by atomic mass is 35.5. The van der Waals surface area contributed by atoms with Crippen LogP contribution in [0.4, 0.5) is 0 Å². The van der Waals surface area contributed by atoms with Crippen LogP contribution >= 0.6 is 23.2 Å². The Morgan fingerprint density at radius 3 is 1.82 bits per heavy atom. The number of rotatable bonds is 5. The van der Waals surface area contributed by atoms with E-state index in [9.17, 15) is 9.59 Å². The first kappa shape index (κ1) is 19.9. The zero-order chi connectivity index (χ0) is 20.1. The van der Waals surface area contributed by atoms with Crippen LogP contribution in [-0.2, 0) is 0 Å². The maximum absolute atomic E-state index is 12.3. The fourth-order valence-corrected chi connectivity index (χ4v) is 2.79. The summed E-state index contributed by atoms with van der Waals surface area (Å²) in [6.45, 7) is 1.88. The van der Waals surface area contributed by atoms with E-state index in [0.29, 0.717) is 26.9 Å². The topological polar surface area (TPSA) is 55.4 Å². The Kier molecular flexibility index (Phi) is 6.34. The van der Waals surface area contributed by atoms with Gasteiger partial charge in [0, 0.05) is 15.6 Å². The largest absolute Gasteiger partial charge is 0.423 e. The molecule has 0 saturated carbocycles. The van der Waals surface area contributed by atoms with Crippen molar-refractivity contribution in [3.05, 3.63) is 99.5 Å². The van der Waals surface area contributed by atoms with Crippen LogP contribution in [-0.4, -0.2) is 11.9 Å². The van der Waals surface area contributed by atoms with E-state index in [2.05, 4.69) is 5.32 Å². The molecule has 0 fully saturated rings. The molecule has 0 radical (unpaired) electrons. The molecule has 0 unspecified atom stereocenters. The summed E-state index contributed by atoms with van der Waals surface area (Å²) in [4.78, 5) is 24.4. The lowest BCUT2D eigenvalue weighted by Gasteiger charge is -2.15. The van der Waals surface area contributed by atoms with E-state index in [-0.39, 0.29) is 11.9 Å². The van der Waals surface area contributed by atoms with Crippen LogP contribution in [0.15, 0.2) is 72.8 Å². The van der Waals surface area contributed by atoms with Crippen molar-refractivity contribution in [2.45, 2.75) is 13.0 Å². The van der Waals surface area contributed by atoms with Gasteiger partial charge >= 0.3 is 5.97 Å². The van der Waals surface area contributed by atoms with E-state index in [1.54, 1.807) is 72.8 Å². The van der Waals surface area contributed by atoms with Gasteiger partial charge in [0.15, 0.2) is 0 Å². The number of ether oxygens (including phenoxy) is 1. The standard InChI is InChI=1S/C22H17Cl2NO3/c1-14(25-21(26)16-2-8-18(23)9-3-16)15-6-12-20(13-7-15)28-22(27)17-4-10-19(24)11-5-17/h2-14H,1H3,(H,25,26)/t14-/m0/s1. The first-order valence-electron chi connectivity index (χ1n) is 8.56. The molecule has 3 aromatic carbocycles. The van der Waals surface area contributed by atoms with Crippen LogP contribution in [0.3, 0.4) is 0 Å². The molecular weight excluding hydrogens is 397 g/mol. The minimum absolute atomic E-state index is 0.192. The first-order chi connectivity index (χ1) is 13.4. The minimum atomic E-state index is -0.464.